The molecule has 102 valence electrons. The van der Waals surface area contributed by atoms with Gasteiger partial charge < -0.3 is 9.47 Å². The van der Waals surface area contributed by atoms with Gasteiger partial charge in [0.2, 0.25) is 0 Å². The number of thioether (sulfide) groups is 1. The first-order chi connectivity index (χ1) is 8.71. The summed E-state index contributed by atoms with van der Waals surface area (Å²) in [6, 6.07) is 6.39. The molecule has 0 saturated heterocycles. The minimum Gasteiger partial charge on any atom is -0.496 e. The van der Waals surface area contributed by atoms with Crippen molar-refractivity contribution < 1.29 is 9.47 Å². The number of rotatable bonds is 8. The summed E-state index contributed by atoms with van der Waals surface area (Å²) in [5.74, 6) is 0.957. The van der Waals surface area contributed by atoms with E-state index >= 15 is 0 Å². The van der Waals surface area contributed by atoms with Crippen LogP contribution in [-0.2, 0) is 11.3 Å². The third-order valence-electron chi connectivity index (χ3n) is 2.72. The van der Waals surface area contributed by atoms with Crippen molar-refractivity contribution in [3.05, 3.63) is 23.8 Å². The zero-order valence-electron chi connectivity index (χ0n) is 11.7. The summed E-state index contributed by atoms with van der Waals surface area (Å²) in [7, 11) is 3.83. The lowest BCUT2D eigenvalue weighted by Gasteiger charge is -2.17. The molecule has 4 heteroatoms. The lowest BCUT2D eigenvalue weighted by Crippen LogP contribution is -2.22. The molecule has 0 atom stereocenters. The molecule has 1 aromatic rings. The first-order valence-corrected chi connectivity index (χ1v) is 7.41. The van der Waals surface area contributed by atoms with E-state index in [4.69, 9.17) is 9.47 Å². The summed E-state index contributed by atoms with van der Waals surface area (Å²) >= 11 is 1.71. The molecule has 0 saturated carbocycles. The van der Waals surface area contributed by atoms with Gasteiger partial charge in [-0.05, 0) is 37.9 Å². The molecule has 0 unspecified atom stereocenters. The smallest absolute Gasteiger partial charge is 0.132 e. The average molecular weight is 269 g/mol. The van der Waals surface area contributed by atoms with E-state index < -0.39 is 0 Å². The Morgan fingerprint density at radius 1 is 1.33 bits per heavy atom. The Hall–Kier alpha value is -0.710. The second-order valence-corrected chi connectivity index (χ2v) is 4.97. The normalized spacial score (nSPS) is 10.9. The van der Waals surface area contributed by atoms with Gasteiger partial charge in [-0.2, -0.15) is 0 Å². The molecular formula is C14H23NO2S. The summed E-state index contributed by atoms with van der Waals surface area (Å²) in [5, 5.41) is 0. The van der Waals surface area contributed by atoms with Crippen LogP contribution in [0.2, 0.25) is 0 Å². The fourth-order valence-electron chi connectivity index (χ4n) is 1.73. The van der Waals surface area contributed by atoms with Crippen molar-refractivity contribution in [2.75, 3.05) is 40.2 Å². The van der Waals surface area contributed by atoms with E-state index in [2.05, 4.69) is 36.4 Å². The lowest BCUT2D eigenvalue weighted by molar-refractivity contribution is 0.120. The van der Waals surface area contributed by atoms with Crippen LogP contribution in [-0.4, -0.2) is 45.1 Å². The number of likely N-dealkylation sites (N-methyl/N-ethyl adjacent to an activating group) is 1. The molecule has 0 aromatic heterocycles. The molecule has 0 fully saturated rings. The van der Waals surface area contributed by atoms with E-state index in [1.807, 2.05) is 6.92 Å². The third kappa shape index (κ3) is 4.88. The molecule has 0 N–H and O–H groups in total. The maximum Gasteiger partial charge on any atom is 0.132 e. The van der Waals surface area contributed by atoms with E-state index in [1.165, 1.54) is 10.5 Å². The SMILES string of the molecule is CCOCCN(C)Cc1ccc(SC)c(OC)c1. The quantitative estimate of drug-likeness (QED) is 0.534. The molecule has 1 aromatic carbocycles. The Kier molecular flexibility index (Phi) is 7.16. The molecule has 0 spiro atoms. The molecule has 0 bridgehead atoms. The standard InChI is InChI=1S/C14H23NO2S/c1-5-17-9-8-15(2)11-12-6-7-14(18-4)13(10-12)16-3/h6-7,10H,5,8-9,11H2,1-4H3. The highest BCUT2D eigenvalue weighted by Crippen LogP contribution is 2.28. The molecule has 0 aliphatic heterocycles. The third-order valence-corrected chi connectivity index (χ3v) is 3.50. The van der Waals surface area contributed by atoms with Crippen LogP contribution >= 0.6 is 11.8 Å². The molecule has 3 nitrogen and oxygen atoms in total. The Morgan fingerprint density at radius 2 is 2.11 bits per heavy atom. The first kappa shape index (κ1) is 15.3. The second kappa shape index (κ2) is 8.40. The monoisotopic (exact) mass is 269 g/mol. The highest BCUT2D eigenvalue weighted by molar-refractivity contribution is 7.98. The van der Waals surface area contributed by atoms with Crippen LogP contribution < -0.4 is 4.74 Å². The van der Waals surface area contributed by atoms with Crippen molar-refractivity contribution in [1.29, 1.82) is 0 Å². The van der Waals surface area contributed by atoms with E-state index in [0.717, 1.165) is 32.1 Å². The van der Waals surface area contributed by atoms with Crippen LogP contribution in [0.5, 0.6) is 5.75 Å². The molecule has 0 aliphatic carbocycles. The summed E-state index contributed by atoms with van der Waals surface area (Å²) in [6.45, 7) is 5.45. The molecule has 1 rings (SSSR count). The topological polar surface area (TPSA) is 21.7 Å². The van der Waals surface area contributed by atoms with Crippen molar-refractivity contribution in [3.8, 4) is 5.75 Å². The Bertz CT molecular complexity index is 358. The summed E-state index contributed by atoms with van der Waals surface area (Å²) < 4.78 is 10.7. The van der Waals surface area contributed by atoms with Gasteiger partial charge in [0.15, 0.2) is 0 Å². The van der Waals surface area contributed by atoms with Gasteiger partial charge in [0.1, 0.15) is 5.75 Å². The highest BCUT2D eigenvalue weighted by Gasteiger charge is 2.05. The summed E-state index contributed by atoms with van der Waals surface area (Å²) in [6.07, 6.45) is 2.06. The van der Waals surface area contributed by atoms with Gasteiger partial charge >= 0.3 is 0 Å². The number of nitrogens with zero attached hydrogens (tertiary/aromatic N) is 1. The van der Waals surface area contributed by atoms with Crippen molar-refractivity contribution in [3.63, 3.8) is 0 Å². The highest BCUT2D eigenvalue weighted by atomic mass is 32.2. The molecule has 0 amide bonds. The molecule has 0 heterocycles. The van der Waals surface area contributed by atoms with Crippen molar-refractivity contribution in [2.45, 2.75) is 18.4 Å². The minimum absolute atomic E-state index is 0.782. The van der Waals surface area contributed by atoms with Gasteiger partial charge in [0, 0.05) is 24.6 Å². The van der Waals surface area contributed by atoms with Gasteiger partial charge in [-0.3, -0.25) is 4.90 Å². The minimum atomic E-state index is 0.782. The molecule has 0 radical (unpaired) electrons. The predicted molar refractivity (Wildman–Crippen MR) is 77.6 cm³/mol. The van der Waals surface area contributed by atoms with Crippen LogP contribution in [0, 0.1) is 0 Å². The van der Waals surface area contributed by atoms with Crippen LogP contribution in [0.4, 0.5) is 0 Å². The zero-order valence-corrected chi connectivity index (χ0v) is 12.5. The maximum atomic E-state index is 5.39. The van der Waals surface area contributed by atoms with Crippen LogP contribution in [0.3, 0.4) is 0 Å². The van der Waals surface area contributed by atoms with E-state index in [-0.39, 0.29) is 0 Å². The van der Waals surface area contributed by atoms with Gasteiger partial charge in [-0.15, -0.1) is 11.8 Å². The zero-order chi connectivity index (χ0) is 13.4. The Morgan fingerprint density at radius 3 is 2.72 bits per heavy atom. The van der Waals surface area contributed by atoms with Crippen molar-refractivity contribution >= 4 is 11.8 Å². The van der Waals surface area contributed by atoms with E-state index in [9.17, 15) is 0 Å². The first-order valence-electron chi connectivity index (χ1n) is 6.18. The Balaban J connectivity index is 2.56. The fraction of sp³-hybridized carbons (Fsp3) is 0.571. The number of benzene rings is 1. The number of hydrogen-bond acceptors (Lipinski definition) is 4. The van der Waals surface area contributed by atoms with Gasteiger partial charge in [-0.1, -0.05) is 6.07 Å². The summed E-state index contributed by atoms with van der Waals surface area (Å²) in [5.41, 5.74) is 1.27. The number of ether oxygens (including phenoxy) is 2. The molecule has 18 heavy (non-hydrogen) atoms. The van der Waals surface area contributed by atoms with Crippen molar-refractivity contribution in [1.82, 2.24) is 4.90 Å². The fourth-order valence-corrected chi connectivity index (χ4v) is 2.28. The van der Waals surface area contributed by atoms with Gasteiger partial charge in [-0.25, -0.2) is 0 Å². The molecule has 0 aliphatic rings. The predicted octanol–water partition coefficient (Wildman–Crippen LogP) is 2.89. The van der Waals surface area contributed by atoms with E-state index in [0.29, 0.717) is 0 Å². The van der Waals surface area contributed by atoms with Crippen LogP contribution in [0.25, 0.3) is 0 Å². The largest absolute Gasteiger partial charge is 0.496 e. The van der Waals surface area contributed by atoms with Crippen LogP contribution in [0.1, 0.15) is 12.5 Å². The Labute approximate surface area is 114 Å². The van der Waals surface area contributed by atoms with Gasteiger partial charge in [0.05, 0.1) is 13.7 Å². The number of hydrogen-bond donors (Lipinski definition) is 0. The molecular weight excluding hydrogens is 246 g/mol. The van der Waals surface area contributed by atoms with E-state index in [1.54, 1.807) is 18.9 Å². The van der Waals surface area contributed by atoms with Crippen molar-refractivity contribution in [2.24, 2.45) is 0 Å². The number of methoxy groups -OCH3 is 1. The maximum absolute atomic E-state index is 5.39. The second-order valence-electron chi connectivity index (χ2n) is 4.12. The lowest BCUT2D eigenvalue weighted by atomic mass is 10.2. The van der Waals surface area contributed by atoms with Gasteiger partial charge in [0.25, 0.3) is 0 Å². The van der Waals surface area contributed by atoms with Crippen LogP contribution in [0.15, 0.2) is 23.1 Å². The average Bonchev–Trinajstić information content (AvgIpc) is 2.39. The summed E-state index contributed by atoms with van der Waals surface area (Å²) in [4.78, 5) is 3.43.